The highest BCUT2D eigenvalue weighted by atomic mass is 16.5. The molecule has 0 saturated heterocycles. The third-order valence-electron chi connectivity index (χ3n) is 4.94. The van der Waals surface area contributed by atoms with Gasteiger partial charge in [0.2, 0.25) is 5.91 Å². The van der Waals surface area contributed by atoms with Crippen molar-refractivity contribution in [2.24, 2.45) is 0 Å². The van der Waals surface area contributed by atoms with Crippen LogP contribution in [0, 0.1) is 0 Å². The number of hydrogen-bond acceptors (Lipinski definition) is 5. The minimum Gasteiger partial charge on any atom is -0.464 e. The number of benzene rings is 2. The highest BCUT2D eigenvalue weighted by Gasteiger charge is 2.24. The molecule has 0 aliphatic rings. The van der Waals surface area contributed by atoms with E-state index in [1.54, 1.807) is 25.3 Å². The van der Waals surface area contributed by atoms with Crippen molar-refractivity contribution < 1.29 is 18.7 Å². The van der Waals surface area contributed by atoms with Gasteiger partial charge in [-0.3, -0.25) is 4.79 Å². The van der Waals surface area contributed by atoms with Crippen LogP contribution in [0.15, 0.2) is 65.2 Å². The fraction of sp³-hybridized carbons (Fsp3) is 0.320. The van der Waals surface area contributed by atoms with E-state index in [4.69, 9.17) is 9.15 Å². The Morgan fingerprint density at radius 1 is 1.03 bits per heavy atom. The number of nitrogens with zero attached hydrogens (tertiary/aromatic N) is 1. The third kappa shape index (κ3) is 6.04. The van der Waals surface area contributed by atoms with Gasteiger partial charge < -0.3 is 14.5 Å². The van der Waals surface area contributed by atoms with Crippen molar-refractivity contribution in [3.05, 3.63) is 77.8 Å². The molecule has 0 aliphatic carbocycles. The molecule has 3 aromatic rings. The Hall–Kier alpha value is -3.41. The van der Waals surface area contributed by atoms with Crippen LogP contribution in [0.1, 0.15) is 56.2 Å². The minimum absolute atomic E-state index is 0.148. The van der Waals surface area contributed by atoms with Gasteiger partial charge in [-0.1, -0.05) is 68.4 Å². The molecule has 162 valence electrons. The van der Waals surface area contributed by atoms with Gasteiger partial charge in [-0.05, 0) is 24.0 Å². The Balaban J connectivity index is 1.60. The zero-order valence-corrected chi connectivity index (χ0v) is 18.1. The second-order valence-corrected chi connectivity index (χ2v) is 7.56. The van der Waals surface area contributed by atoms with Gasteiger partial charge in [0.05, 0.1) is 12.8 Å². The number of rotatable bonds is 9. The Morgan fingerprint density at radius 2 is 1.74 bits per heavy atom. The molecule has 0 spiro atoms. The lowest BCUT2D eigenvalue weighted by Crippen LogP contribution is -2.35. The number of carbonyl (C=O) groups excluding carboxylic acids is 2. The molecule has 2 aromatic carbocycles. The number of aromatic nitrogens is 1. The van der Waals surface area contributed by atoms with Gasteiger partial charge in [0.15, 0.2) is 17.7 Å². The van der Waals surface area contributed by atoms with Crippen LogP contribution in [0.4, 0.5) is 0 Å². The van der Waals surface area contributed by atoms with Gasteiger partial charge >= 0.3 is 5.97 Å². The lowest BCUT2D eigenvalue weighted by Gasteiger charge is -2.17. The van der Waals surface area contributed by atoms with Crippen LogP contribution in [-0.4, -0.2) is 23.5 Å². The molecule has 0 radical (unpaired) electrons. The highest BCUT2D eigenvalue weighted by Crippen LogP contribution is 2.24. The van der Waals surface area contributed by atoms with E-state index in [0.717, 1.165) is 5.56 Å². The van der Waals surface area contributed by atoms with Crippen molar-refractivity contribution in [3.63, 3.8) is 0 Å². The quantitative estimate of drug-likeness (QED) is 0.502. The van der Waals surface area contributed by atoms with Gasteiger partial charge in [-0.2, -0.15) is 0 Å². The molecular weight excluding hydrogens is 392 g/mol. The molecule has 1 atom stereocenters. The highest BCUT2D eigenvalue weighted by molar-refractivity contribution is 5.85. The molecule has 3 rings (SSSR count). The monoisotopic (exact) mass is 420 g/mol. The summed E-state index contributed by atoms with van der Waals surface area (Å²) in [5, 5.41) is 2.76. The predicted molar refractivity (Wildman–Crippen MR) is 118 cm³/mol. The van der Waals surface area contributed by atoms with Crippen LogP contribution < -0.4 is 5.32 Å². The first-order chi connectivity index (χ1) is 15.0. The molecule has 6 nitrogen and oxygen atoms in total. The number of ether oxygens (including phenoxy) is 1. The summed E-state index contributed by atoms with van der Waals surface area (Å²) in [7, 11) is 0. The summed E-state index contributed by atoms with van der Waals surface area (Å²) in [5.74, 6) is 0.852. The predicted octanol–water partition coefficient (Wildman–Crippen LogP) is 4.82. The largest absolute Gasteiger partial charge is 0.464 e. The summed E-state index contributed by atoms with van der Waals surface area (Å²) in [6.07, 6.45) is 2.15. The van der Waals surface area contributed by atoms with Crippen LogP contribution in [0.3, 0.4) is 0 Å². The number of oxazole rings is 1. The van der Waals surface area contributed by atoms with E-state index in [-0.39, 0.29) is 18.9 Å². The normalized spacial score (nSPS) is 11.9. The van der Waals surface area contributed by atoms with Crippen LogP contribution in [-0.2, 0) is 20.7 Å². The van der Waals surface area contributed by atoms with Gasteiger partial charge in [-0.25, -0.2) is 9.78 Å². The number of aryl methyl sites for hydroxylation is 1. The number of amides is 1. The molecule has 1 heterocycles. The molecule has 1 amide bonds. The van der Waals surface area contributed by atoms with Crippen LogP contribution in [0.5, 0.6) is 0 Å². The van der Waals surface area contributed by atoms with E-state index in [1.165, 1.54) is 5.56 Å². The van der Waals surface area contributed by atoms with E-state index >= 15 is 0 Å². The van der Waals surface area contributed by atoms with Crippen molar-refractivity contribution in [1.29, 1.82) is 0 Å². The Bertz CT molecular complexity index is 994. The summed E-state index contributed by atoms with van der Waals surface area (Å²) >= 11 is 0. The van der Waals surface area contributed by atoms with Gasteiger partial charge in [0.1, 0.15) is 0 Å². The summed E-state index contributed by atoms with van der Waals surface area (Å²) < 4.78 is 10.9. The average Bonchev–Trinajstić information content (AvgIpc) is 3.26. The lowest BCUT2D eigenvalue weighted by atomic mass is 10.0. The molecule has 0 aliphatic heterocycles. The smallest absolute Gasteiger partial charge is 0.333 e. The van der Waals surface area contributed by atoms with E-state index in [2.05, 4.69) is 36.3 Å². The summed E-state index contributed by atoms with van der Waals surface area (Å²) in [6, 6.07) is 16.4. The van der Waals surface area contributed by atoms with Crippen LogP contribution in [0.25, 0.3) is 11.3 Å². The Labute approximate surface area is 182 Å². The summed E-state index contributed by atoms with van der Waals surface area (Å²) in [6.45, 7) is 6.28. The molecule has 0 saturated carbocycles. The standard InChI is InChI=1S/C25H28N2O4/c1-4-30-25(29)24(20-8-6-5-7-9-20)27-22(28)14-15-23-26-16-21(31-23)19-12-10-18(11-13-19)17(2)3/h5-13,16-17,24H,4,14-15H2,1-3H3,(H,27,28). The zero-order chi connectivity index (χ0) is 22.2. The van der Waals surface area contributed by atoms with Crippen molar-refractivity contribution in [1.82, 2.24) is 10.3 Å². The van der Waals surface area contributed by atoms with Crippen LogP contribution >= 0.6 is 0 Å². The van der Waals surface area contributed by atoms with E-state index < -0.39 is 12.0 Å². The van der Waals surface area contributed by atoms with Gasteiger partial charge in [0.25, 0.3) is 0 Å². The Kier molecular flexibility index (Phi) is 7.60. The Morgan fingerprint density at radius 3 is 2.39 bits per heavy atom. The molecule has 31 heavy (non-hydrogen) atoms. The maximum atomic E-state index is 12.5. The second-order valence-electron chi connectivity index (χ2n) is 7.56. The second kappa shape index (κ2) is 10.6. The van der Waals surface area contributed by atoms with Crippen molar-refractivity contribution in [2.75, 3.05) is 6.61 Å². The number of esters is 1. The van der Waals surface area contributed by atoms with Crippen LogP contribution in [0.2, 0.25) is 0 Å². The number of carbonyl (C=O) groups is 2. The molecule has 6 heteroatoms. The fourth-order valence-electron chi connectivity index (χ4n) is 3.19. The van der Waals surface area contributed by atoms with Gasteiger partial charge in [0, 0.05) is 18.4 Å². The van der Waals surface area contributed by atoms with Crippen molar-refractivity contribution >= 4 is 11.9 Å². The topological polar surface area (TPSA) is 81.4 Å². The third-order valence-corrected chi connectivity index (χ3v) is 4.94. The lowest BCUT2D eigenvalue weighted by molar-refractivity contribution is -0.147. The maximum Gasteiger partial charge on any atom is 0.333 e. The summed E-state index contributed by atoms with van der Waals surface area (Å²) in [5.41, 5.74) is 2.88. The minimum atomic E-state index is -0.840. The van der Waals surface area contributed by atoms with E-state index in [9.17, 15) is 9.59 Å². The first kappa shape index (κ1) is 22.3. The van der Waals surface area contributed by atoms with E-state index in [1.807, 2.05) is 30.3 Å². The average molecular weight is 421 g/mol. The molecule has 1 aromatic heterocycles. The molecular formula is C25H28N2O4. The zero-order valence-electron chi connectivity index (χ0n) is 18.1. The first-order valence-electron chi connectivity index (χ1n) is 10.5. The van der Waals surface area contributed by atoms with Crippen molar-refractivity contribution in [3.8, 4) is 11.3 Å². The molecule has 1 unspecified atom stereocenters. The molecule has 0 bridgehead atoms. The van der Waals surface area contributed by atoms with Gasteiger partial charge in [-0.15, -0.1) is 0 Å². The fourth-order valence-corrected chi connectivity index (χ4v) is 3.19. The van der Waals surface area contributed by atoms with Crippen molar-refractivity contribution in [2.45, 2.75) is 45.6 Å². The first-order valence-corrected chi connectivity index (χ1v) is 10.5. The summed E-state index contributed by atoms with van der Waals surface area (Å²) in [4.78, 5) is 29.1. The number of nitrogens with one attached hydrogen (secondary N) is 1. The molecule has 1 N–H and O–H groups in total. The number of hydrogen-bond donors (Lipinski definition) is 1. The SMILES string of the molecule is CCOC(=O)C(NC(=O)CCc1ncc(-c2ccc(C(C)C)cc2)o1)c1ccccc1. The van der Waals surface area contributed by atoms with E-state index in [0.29, 0.717) is 29.6 Å². The molecule has 0 fully saturated rings. The maximum absolute atomic E-state index is 12.5.